The van der Waals surface area contributed by atoms with Crippen molar-refractivity contribution in [3.63, 3.8) is 0 Å². The number of benzene rings is 1. The summed E-state index contributed by atoms with van der Waals surface area (Å²) in [6.45, 7) is 0.945. The lowest BCUT2D eigenvalue weighted by Gasteiger charge is -2.22. The maximum Gasteiger partial charge on any atom is 0.338 e. The summed E-state index contributed by atoms with van der Waals surface area (Å²) < 4.78 is 10.9. The maximum absolute atomic E-state index is 12.2. The van der Waals surface area contributed by atoms with Crippen molar-refractivity contribution in [2.75, 3.05) is 18.5 Å². The summed E-state index contributed by atoms with van der Waals surface area (Å²) in [4.78, 5) is 25.0. The van der Waals surface area contributed by atoms with Crippen molar-refractivity contribution in [2.24, 2.45) is 0 Å². The van der Waals surface area contributed by atoms with E-state index in [-0.39, 0.29) is 18.6 Å². The highest BCUT2D eigenvalue weighted by Crippen LogP contribution is 2.25. The lowest BCUT2D eigenvalue weighted by molar-refractivity contribution is -0.0300. The number of amides is 1. The van der Waals surface area contributed by atoms with Gasteiger partial charge in [-0.05, 0) is 48.9 Å². The zero-order valence-electron chi connectivity index (χ0n) is 13.5. The van der Waals surface area contributed by atoms with Gasteiger partial charge in [-0.1, -0.05) is 17.7 Å². The van der Waals surface area contributed by atoms with Crippen LogP contribution in [0.1, 0.15) is 39.3 Å². The van der Waals surface area contributed by atoms with E-state index in [4.69, 9.17) is 21.1 Å². The SMILES string of the molecule is O=C(OCC1CCCCO1)c1ccc(Cl)c(NC(=O)c2cccs2)c1. The van der Waals surface area contributed by atoms with Crippen molar-refractivity contribution >= 4 is 40.5 Å². The van der Waals surface area contributed by atoms with Crippen molar-refractivity contribution in [1.82, 2.24) is 0 Å². The van der Waals surface area contributed by atoms with Gasteiger partial charge in [0.05, 0.1) is 27.3 Å². The summed E-state index contributed by atoms with van der Waals surface area (Å²) in [6.07, 6.45) is 3.00. The molecule has 1 aromatic heterocycles. The quantitative estimate of drug-likeness (QED) is 0.783. The van der Waals surface area contributed by atoms with Crippen LogP contribution in [0.15, 0.2) is 35.7 Å². The van der Waals surface area contributed by atoms with Crippen LogP contribution >= 0.6 is 22.9 Å². The molecule has 0 bridgehead atoms. The molecule has 5 nitrogen and oxygen atoms in total. The van der Waals surface area contributed by atoms with E-state index in [1.807, 2.05) is 5.38 Å². The van der Waals surface area contributed by atoms with Gasteiger partial charge in [-0.25, -0.2) is 4.79 Å². The van der Waals surface area contributed by atoms with Crippen LogP contribution in [0.5, 0.6) is 0 Å². The summed E-state index contributed by atoms with van der Waals surface area (Å²) in [7, 11) is 0. The topological polar surface area (TPSA) is 64.6 Å². The molecule has 1 saturated heterocycles. The molecule has 2 aromatic rings. The van der Waals surface area contributed by atoms with E-state index < -0.39 is 5.97 Å². The van der Waals surface area contributed by atoms with Gasteiger partial charge in [0.25, 0.3) is 5.91 Å². The highest BCUT2D eigenvalue weighted by molar-refractivity contribution is 7.12. The third-order valence-corrected chi connectivity index (χ3v) is 5.07. The predicted octanol–water partition coefficient (Wildman–Crippen LogP) is 4.38. The second-order valence-electron chi connectivity index (χ2n) is 5.71. The van der Waals surface area contributed by atoms with E-state index in [0.717, 1.165) is 19.3 Å². The fourth-order valence-electron chi connectivity index (χ4n) is 2.53. The number of anilines is 1. The van der Waals surface area contributed by atoms with Gasteiger partial charge < -0.3 is 14.8 Å². The lowest BCUT2D eigenvalue weighted by Crippen LogP contribution is -2.26. The van der Waals surface area contributed by atoms with Gasteiger partial charge in [-0.2, -0.15) is 0 Å². The molecule has 1 aliphatic rings. The molecule has 0 radical (unpaired) electrons. The Bertz CT molecular complexity index is 742. The van der Waals surface area contributed by atoms with Gasteiger partial charge in [0, 0.05) is 6.61 Å². The van der Waals surface area contributed by atoms with Gasteiger partial charge in [-0.15, -0.1) is 11.3 Å². The second kappa shape index (κ2) is 8.47. The van der Waals surface area contributed by atoms with Crippen LogP contribution in [-0.2, 0) is 9.47 Å². The molecule has 1 amide bonds. The Morgan fingerprint density at radius 1 is 1.32 bits per heavy atom. The van der Waals surface area contributed by atoms with Crippen LogP contribution in [0.2, 0.25) is 5.02 Å². The number of hydrogen-bond acceptors (Lipinski definition) is 5. The number of esters is 1. The zero-order chi connectivity index (χ0) is 17.6. The minimum Gasteiger partial charge on any atom is -0.459 e. The molecule has 1 N–H and O–H groups in total. The molecule has 1 atom stereocenters. The average Bonchev–Trinajstić information content (AvgIpc) is 3.17. The number of nitrogens with one attached hydrogen (secondary N) is 1. The molecule has 1 unspecified atom stereocenters. The highest BCUT2D eigenvalue weighted by atomic mass is 35.5. The molecule has 3 rings (SSSR count). The van der Waals surface area contributed by atoms with E-state index >= 15 is 0 Å². The summed E-state index contributed by atoms with van der Waals surface area (Å²) in [5.74, 6) is -0.726. The second-order valence-corrected chi connectivity index (χ2v) is 7.07. The number of carbonyl (C=O) groups excluding carboxylic acids is 2. The molecular weight excluding hydrogens is 362 g/mol. The Labute approximate surface area is 154 Å². The van der Waals surface area contributed by atoms with E-state index in [9.17, 15) is 9.59 Å². The normalized spacial score (nSPS) is 17.1. The Balaban J connectivity index is 1.63. The van der Waals surface area contributed by atoms with Gasteiger partial charge in [0.2, 0.25) is 0 Å². The lowest BCUT2D eigenvalue weighted by atomic mass is 10.1. The maximum atomic E-state index is 12.2. The van der Waals surface area contributed by atoms with Crippen LogP contribution in [0.4, 0.5) is 5.69 Å². The van der Waals surface area contributed by atoms with Crippen molar-refractivity contribution in [3.05, 3.63) is 51.2 Å². The first-order chi connectivity index (χ1) is 12.1. The van der Waals surface area contributed by atoms with E-state index in [2.05, 4.69) is 5.32 Å². The number of ether oxygens (including phenoxy) is 2. The summed E-state index contributed by atoms with van der Waals surface area (Å²) in [6, 6.07) is 8.18. The predicted molar refractivity (Wildman–Crippen MR) is 97.6 cm³/mol. The minimum absolute atomic E-state index is 0.0389. The minimum atomic E-state index is -0.461. The fourth-order valence-corrected chi connectivity index (χ4v) is 3.31. The number of carbonyl (C=O) groups is 2. The van der Waals surface area contributed by atoms with Gasteiger partial charge in [-0.3, -0.25) is 4.79 Å². The largest absolute Gasteiger partial charge is 0.459 e. The third kappa shape index (κ3) is 4.81. The molecule has 0 spiro atoms. The Hall–Kier alpha value is -1.89. The number of thiophene rings is 1. The van der Waals surface area contributed by atoms with Crippen molar-refractivity contribution in [2.45, 2.75) is 25.4 Å². The zero-order valence-corrected chi connectivity index (χ0v) is 15.1. The third-order valence-electron chi connectivity index (χ3n) is 3.87. The number of rotatable bonds is 5. The Morgan fingerprint density at radius 2 is 2.20 bits per heavy atom. The molecule has 2 heterocycles. The van der Waals surface area contributed by atoms with E-state index in [1.54, 1.807) is 24.3 Å². The van der Waals surface area contributed by atoms with Crippen molar-refractivity contribution < 1.29 is 19.1 Å². The van der Waals surface area contributed by atoms with Gasteiger partial charge in [0.1, 0.15) is 6.61 Å². The molecule has 0 aliphatic carbocycles. The monoisotopic (exact) mass is 379 g/mol. The summed E-state index contributed by atoms with van der Waals surface area (Å²) in [5, 5.41) is 4.90. The first-order valence-electron chi connectivity index (χ1n) is 8.06. The first-order valence-corrected chi connectivity index (χ1v) is 9.32. The summed E-state index contributed by atoms with van der Waals surface area (Å²) in [5.41, 5.74) is 0.713. The molecule has 1 fully saturated rings. The van der Waals surface area contributed by atoms with Crippen LogP contribution in [0.3, 0.4) is 0 Å². The van der Waals surface area contributed by atoms with Gasteiger partial charge >= 0.3 is 5.97 Å². The fraction of sp³-hybridized carbons (Fsp3) is 0.333. The molecule has 0 saturated carbocycles. The molecule has 132 valence electrons. The smallest absolute Gasteiger partial charge is 0.338 e. The Kier molecular flexibility index (Phi) is 6.07. The first kappa shape index (κ1) is 17.9. The Morgan fingerprint density at radius 3 is 2.92 bits per heavy atom. The van der Waals surface area contributed by atoms with E-state index in [1.165, 1.54) is 17.4 Å². The summed E-state index contributed by atoms with van der Waals surface area (Å²) >= 11 is 7.45. The standard InChI is InChI=1S/C18H18ClNO4S/c19-14-7-6-12(18(22)24-11-13-4-1-2-8-23-13)10-15(14)20-17(21)16-5-3-9-25-16/h3,5-7,9-10,13H,1-2,4,8,11H2,(H,20,21). The van der Waals surface area contributed by atoms with Gasteiger partial charge in [0.15, 0.2) is 0 Å². The van der Waals surface area contributed by atoms with Crippen molar-refractivity contribution in [3.8, 4) is 0 Å². The van der Waals surface area contributed by atoms with Crippen molar-refractivity contribution in [1.29, 1.82) is 0 Å². The molecule has 1 aromatic carbocycles. The molecule has 7 heteroatoms. The molecule has 25 heavy (non-hydrogen) atoms. The van der Waals surface area contributed by atoms with E-state index in [0.29, 0.717) is 27.8 Å². The molecule has 1 aliphatic heterocycles. The number of halogens is 1. The average molecular weight is 380 g/mol. The van der Waals surface area contributed by atoms with Crippen LogP contribution in [0.25, 0.3) is 0 Å². The molecular formula is C18H18ClNO4S. The van der Waals surface area contributed by atoms with Crippen LogP contribution < -0.4 is 5.32 Å². The van der Waals surface area contributed by atoms with Crippen LogP contribution in [0, 0.1) is 0 Å². The van der Waals surface area contributed by atoms with Crippen LogP contribution in [-0.4, -0.2) is 31.2 Å². The highest BCUT2D eigenvalue weighted by Gasteiger charge is 2.18. The number of hydrogen-bond donors (Lipinski definition) is 1.